The van der Waals surface area contributed by atoms with Crippen LogP contribution in [-0.2, 0) is 0 Å². The molecule has 0 amide bonds. The van der Waals surface area contributed by atoms with Crippen LogP contribution in [0, 0.1) is 13.8 Å². The van der Waals surface area contributed by atoms with Crippen LogP contribution in [0.1, 0.15) is 24.5 Å². The lowest BCUT2D eigenvalue weighted by molar-refractivity contribution is 0.223. The van der Waals surface area contributed by atoms with Crippen LogP contribution in [0.15, 0.2) is 29.3 Å². The van der Waals surface area contributed by atoms with E-state index in [0.29, 0.717) is 0 Å². The van der Waals surface area contributed by atoms with Crippen LogP contribution in [0.25, 0.3) is 0 Å². The summed E-state index contributed by atoms with van der Waals surface area (Å²) in [7, 11) is 0. The molecular formula is C13H17BrO. The van der Waals surface area contributed by atoms with Gasteiger partial charge in [0.2, 0.25) is 0 Å². The van der Waals surface area contributed by atoms with E-state index in [1.807, 2.05) is 13.0 Å². The number of ether oxygens (including phenoxy) is 1. The molecule has 0 bridgehead atoms. The molecule has 0 heterocycles. The monoisotopic (exact) mass is 268 g/mol. The van der Waals surface area contributed by atoms with E-state index in [4.69, 9.17) is 4.74 Å². The summed E-state index contributed by atoms with van der Waals surface area (Å²) in [5.41, 5.74) is 2.52. The zero-order valence-corrected chi connectivity index (χ0v) is 11.1. The lowest BCUT2D eigenvalue weighted by atomic mass is 10.1. The SMILES string of the molecule is C=CC[C@H](C)Oc1cc(C)c(C)cc1Br. The van der Waals surface area contributed by atoms with Crippen molar-refractivity contribution in [3.63, 3.8) is 0 Å². The minimum atomic E-state index is 0.168. The minimum Gasteiger partial charge on any atom is -0.489 e. The molecule has 1 rings (SSSR count). The van der Waals surface area contributed by atoms with Gasteiger partial charge in [-0.05, 0) is 60.0 Å². The van der Waals surface area contributed by atoms with Gasteiger partial charge in [-0.3, -0.25) is 0 Å². The van der Waals surface area contributed by atoms with Crippen molar-refractivity contribution >= 4 is 15.9 Å². The fourth-order valence-electron chi connectivity index (χ4n) is 1.34. The van der Waals surface area contributed by atoms with Gasteiger partial charge in [-0.1, -0.05) is 6.08 Å². The Labute approximate surface area is 100 Å². The van der Waals surface area contributed by atoms with Crippen molar-refractivity contribution in [2.45, 2.75) is 33.3 Å². The van der Waals surface area contributed by atoms with Gasteiger partial charge >= 0.3 is 0 Å². The summed E-state index contributed by atoms with van der Waals surface area (Å²) in [6.45, 7) is 9.93. The van der Waals surface area contributed by atoms with Crippen LogP contribution in [-0.4, -0.2) is 6.10 Å². The fourth-order valence-corrected chi connectivity index (χ4v) is 1.90. The third-order valence-corrected chi connectivity index (χ3v) is 2.99. The van der Waals surface area contributed by atoms with Crippen LogP contribution in [0.3, 0.4) is 0 Å². The molecule has 0 radical (unpaired) electrons. The zero-order valence-electron chi connectivity index (χ0n) is 9.51. The van der Waals surface area contributed by atoms with Gasteiger partial charge in [0.25, 0.3) is 0 Å². The van der Waals surface area contributed by atoms with E-state index in [0.717, 1.165) is 16.6 Å². The molecule has 1 aromatic rings. The van der Waals surface area contributed by atoms with Gasteiger partial charge in [-0.15, -0.1) is 6.58 Å². The van der Waals surface area contributed by atoms with Crippen LogP contribution in [0.4, 0.5) is 0 Å². The van der Waals surface area contributed by atoms with Crippen LogP contribution >= 0.6 is 15.9 Å². The highest BCUT2D eigenvalue weighted by Crippen LogP contribution is 2.29. The summed E-state index contributed by atoms with van der Waals surface area (Å²) in [6, 6.07) is 4.16. The molecule has 0 saturated carbocycles. The number of hydrogen-bond acceptors (Lipinski definition) is 1. The molecule has 82 valence electrons. The normalized spacial score (nSPS) is 12.3. The van der Waals surface area contributed by atoms with Gasteiger partial charge in [-0.2, -0.15) is 0 Å². The Kier molecular flexibility index (Phi) is 4.40. The summed E-state index contributed by atoms with van der Waals surface area (Å²) in [5, 5.41) is 0. The maximum atomic E-state index is 5.80. The quantitative estimate of drug-likeness (QED) is 0.736. The van der Waals surface area contributed by atoms with Crippen molar-refractivity contribution in [1.29, 1.82) is 0 Å². The number of halogens is 1. The van der Waals surface area contributed by atoms with Gasteiger partial charge in [0, 0.05) is 6.42 Å². The molecule has 0 unspecified atom stereocenters. The third kappa shape index (κ3) is 3.38. The van der Waals surface area contributed by atoms with Crippen molar-refractivity contribution in [3.8, 4) is 5.75 Å². The summed E-state index contributed by atoms with van der Waals surface area (Å²) in [6.07, 6.45) is 2.90. The second-order valence-electron chi connectivity index (χ2n) is 3.82. The van der Waals surface area contributed by atoms with Gasteiger partial charge < -0.3 is 4.74 Å². The molecule has 15 heavy (non-hydrogen) atoms. The molecule has 2 heteroatoms. The summed E-state index contributed by atoms with van der Waals surface area (Å²) < 4.78 is 6.82. The van der Waals surface area contributed by atoms with Gasteiger partial charge in [0.1, 0.15) is 5.75 Å². The topological polar surface area (TPSA) is 9.23 Å². The van der Waals surface area contributed by atoms with E-state index in [2.05, 4.69) is 48.5 Å². The van der Waals surface area contributed by atoms with E-state index in [1.165, 1.54) is 11.1 Å². The molecule has 0 saturated heterocycles. The molecule has 0 spiro atoms. The Morgan fingerprint density at radius 1 is 1.40 bits per heavy atom. The molecular weight excluding hydrogens is 252 g/mol. The van der Waals surface area contributed by atoms with Crippen molar-refractivity contribution in [3.05, 3.63) is 40.4 Å². The lowest BCUT2D eigenvalue weighted by Crippen LogP contribution is -2.10. The number of rotatable bonds is 4. The van der Waals surface area contributed by atoms with E-state index < -0.39 is 0 Å². The molecule has 0 N–H and O–H groups in total. The van der Waals surface area contributed by atoms with Crippen LogP contribution in [0.2, 0.25) is 0 Å². The lowest BCUT2D eigenvalue weighted by Gasteiger charge is -2.15. The van der Waals surface area contributed by atoms with Crippen LogP contribution in [0.5, 0.6) is 5.75 Å². The number of hydrogen-bond donors (Lipinski definition) is 0. The number of aryl methyl sites for hydroxylation is 2. The first kappa shape index (κ1) is 12.3. The van der Waals surface area contributed by atoms with E-state index >= 15 is 0 Å². The second kappa shape index (κ2) is 5.36. The van der Waals surface area contributed by atoms with Crippen molar-refractivity contribution < 1.29 is 4.74 Å². The second-order valence-corrected chi connectivity index (χ2v) is 4.67. The van der Waals surface area contributed by atoms with Crippen molar-refractivity contribution in [1.82, 2.24) is 0 Å². The maximum absolute atomic E-state index is 5.80. The Morgan fingerprint density at radius 2 is 2.00 bits per heavy atom. The third-order valence-electron chi connectivity index (χ3n) is 2.37. The van der Waals surface area contributed by atoms with E-state index in [9.17, 15) is 0 Å². The van der Waals surface area contributed by atoms with E-state index in [-0.39, 0.29) is 6.10 Å². The molecule has 0 aromatic heterocycles. The average Bonchev–Trinajstić information content (AvgIpc) is 2.14. The molecule has 0 aliphatic heterocycles. The standard InChI is InChI=1S/C13H17BrO/c1-5-6-11(4)15-13-8-10(3)9(2)7-12(13)14/h5,7-8,11H,1,6H2,2-4H3/t11-/m0/s1. The molecule has 0 aliphatic rings. The predicted octanol–water partition coefficient (Wildman–Crippen LogP) is 4.41. The molecule has 0 fully saturated rings. The van der Waals surface area contributed by atoms with Gasteiger partial charge in [-0.25, -0.2) is 0 Å². The summed E-state index contributed by atoms with van der Waals surface area (Å²) in [4.78, 5) is 0. The Hall–Kier alpha value is -0.760. The Balaban J connectivity index is 2.85. The number of benzene rings is 1. The summed E-state index contributed by atoms with van der Waals surface area (Å²) >= 11 is 3.51. The smallest absolute Gasteiger partial charge is 0.134 e. The van der Waals surface area contributed by atoms with E-state index in [1.54, 1.807) is 0 Å². The molecule has 1 aromatic carbocycles. The molecule has 1 atom stereocenters. The van der Waals surface area contributed by atoms with Gasteiger partial charge in [0.05, 0.1) is 10.6 Å². The first-order valence-corrected chi connectivity index (χ1v) is 5.88. The van der Waals surface area contributed by atoms with Crippen molar-refractivity contribution in [2.24, 2.45) is 0 Å². The van der Waals surface area contributed by atoms with Crippen molar-refractivity contribution in [2.75, 3.05) is 0 Å². The van der Waals surface area contributed by atoms with Crippen LogP contribution < -0.4 is 4.74 Å². The fraction of sp³-hybridized carbons (Fsp3) is 0.385. The Bertz CT molecular complexity index is 358. The Morgan fingerprint density at radius 3 is 2.60 bits per heavy atom. The first-order chi connectivity index (χ1) is 7.04. The highest BCUT2D eigenvalue weighted by molar-refractivity contribution is 9.10. The zero-order chi connectivity index (χ0) is 11.4. The highest BCUT2D eigenvalue weighted by Gasteiger charge is 2.07. The molecule has 1 nitrogen and oxygen atoms in total. The van der Waals surface area contributed by atoms with Gasteiger partial charge in [0.15, 0.2) is 0 Å². The summed E-state index contributed by atoms with van der Waals surface area (Å²) in [5.74, 6) is 0.910. The average molecular weight is 269 g/mol. The predicted molar refractivity (Wildman–Crippen MR) is 68.5 cm³/mol. The minimum absolute atomic E-state index is 0.168. The molecule has 0 aliphatic carbocycles. The maximum Gasteiger partial charge on any atom is 0.134 e. The largest absolute Gasteiger partial charge is 0.489 e. The highest BCUT2D eigenvalue weighted by atomic mass is 79.9. The first-order valence-electron chi connectivity index (χ1n) is 5.09.